The molecule has 0 unspecified atom stereocenters. The van der Waals surface area contributed by atoms with Crippen LogP contribution < -0.4 is 24.4 Å². The number of thiazole rings is 1. The summed E-state index contributed by atoms with van der Waals surface area (Å²) < 4.78 is 32.7. The minimum Gasteiger partial charge on any atom is -0.490 e. The Labute approximate surface area is 279 Å². The van der Waals surface area contributed by atoms with E-state index in [9.17, 15) is 14.0 Å². The van der Waals surface area contributed by atoms with E-state index in [0.717, 1.165) is 11.1 Å². The lowest BCUT2D eigenvalue weighted by Crippen LogP contribution is -2.40. The largest absolute Gasteiger partial charge is 0.490 e. The van der Waals surface area contributed by atoms with E-state index >= 15 is 0 Å². The van der Waals surface area contributed by atoms with Gasteiger partial charge < -0.3 is 14.2 Å². The maximum absolute atomic E-state index is 14.2. The Morgan fingerprint density at radius 1 is 0.936 bits per heavy atom. The van der Waals surface area contributed by atoms with Gasteiger partial charge in [0, 0.05) is 10.6 Å². The van der Waals surface area contributed by atoms with Gasteiger partial charge in [-0.05, 0) is 73.0 Å². The predicted molar refractivity (Wildman–Crippen MR) is 181 cm³/mol. The number of fused-ring (bicyclic) bond motifs is 1. The van der Waals surface area contributed by atoms with Crippen molar-refractivity contribution in [3.05, 3.63) is 155 Å². The summed E-state index contributed by atoms with van der Waals surface area (Å²) in [6.07, 6.45) is 1.77. The number of aromatic nitrogens is 1. The van der Waals surface area contributed by atoms with Crippen molar-refractivity contribution in [1.82, 2.24) is 4.57 Å². The molecule has 5 aromatic rings. The van der Waals surface area contributed by atoms with Crippen LogP contribution >= 0.6 is 22.9 Å². The monoisotopic (exact) mass is 668 g/mol. The van der Waals surface area contributed by atoms with Gasteiger partial charge in [0.25, 0.3) is 5.56 Å². The summed E-state index contributed by atoms with van der Waals surface area (Å²) in [5, 5.41) is 0.529. The summed E-state index contributed by atoms with van der Waals surface area (Å²) in [5.41, 5.74) is 3.34. The molecule has 0 radical (unpaired) electrons. The minimum absolute atomic E-state index is 0.161. The van der Waals surface area contributed by atoms with Crippen molar-refractivity contribution in [2.75, 3.05) is 13.2 Å². The number of hydrogen-bond donors (Lipinski definition) is 0. The van der Waals surface area contributed by atoms with Crippen molar-refractivity contribution in [2.45, 2.75) is 26.5 Å². The van der Waals surface area contributed by atoms with Crippen molar-refractivity contribution in [1.29, 1.82) is 0 Å². The number of benzene rings is 4. The zero-order valence-electron chi connectivity index (χ0n) is 25.6. The molecule has 47 heavy (non-hydrogen) atoms. The van der Waals surface area contributed by atoms with Crippen LogP contribution in [0.5, 0.6) is 11.5 Å². The minimum atomic E-state index is -0.804. The third kappa shape index (κ3) is 6.91. The highest BCUT2D eigenvalue weighted by molar-refractivity contribution is 7.07. The molecule has 2 heterocycles. The highest BCUT2D eigenvalue weighted by Gasteiger charge is 2.35. The SMILES string of the molecule is CCOC(=O)C1=C(c2ccccc2)N=c2s/c(=C\c3ccc(OCc4ccc(F)cc4)c(OCC)c3)c(=O)n2[C@@H]1c1ccc(Cl)cc1. The van der Waals surface area contributed by atoms with Crippen LogP contribution in [0.4, 0.5) is 4.39 Å². The number of nitrogens with zero attached hydrogens (tertiary/aromatic N) is 2. The molecule has 0 spiro atoms. The number of rotatable bonds is 10. The van der Waals surface area contributed by atoms with Crippen LogP contribution in [0.1, 0.15) is 42.1 Å². The van der Waals surface area contributed by atoms with Gasteiger partial charge in [0.15, 0.2) is 16.3 Å². The molecule has 0 bridgehead atoms. The fraction of sp³-hybridized carbons (Fsp3) is 0.162. The lowest BCUT2D eigenvalue weighted by Gasteiger charge is -2.25. The molecule has 0 N–H and O–H groups in total. The third-order valence-corrected chi connectivity index (χ3v) is 8.67. The quantitative estimate of drug-likeness (QED) is 0.155. The van der Waals surface area contributed by atoms with Gasteiger partial charge in [0.2, 0.25) is 0 Å². The van der Waals surface area contributed by atoms with Crippen LogP contribution in [0.15, 0.2) is 112 Å². The maximum Gasteiger partial charge on any atom is 0.338 e. The molecule has 6 rings (SSSR count). The number of carbonyl (C=O) groups excluding carboxylic acids is 1. The average molecular weight is 669 g/mol. The first-order valence-electron chi connectivity index (χ1n) is 15.0. The molecule has 0 fully saturated rings. The Bertz CT molecular complexity index is 2130. The Morgan fingerprint density at radius 2 is 1.68 bits per heavy atom. The summed E-state index contributed by atoms with van der Waals surface area (Å²) in [5.74, 6) is 0.156. The molecule has 1 aromatic heterocycles. The summed E-state index contributed by atoms with van der Waals surface area (Å²) >= 11 is 7.46. The van der Waals surface area contributed by atoms with E-state index in [2.05, 4.69) is 0 Å². The first-order chi connectivity index (χ1) is 22.9. The molecule has 0 aliphatic carbocycles. The van der Waals surface area contributed by atoms with E-state index in [1.807, 2.05) is 43.3 Å². The van der Waals surface area contributed by atoms with E-state index in [1.165, 1.54) is 23.5 Å². The lowest BCUT2D eigenvalue weighted by molar-refractivity contribution is -0.138. The molecule has 7 nitrogen and oxygen atoms in total. The zero-order chi connectivity index (χ0) is 32.9. The van der Waals surface area contributed by atoms with Crippen LogP contribution in [-0.4, -0.2) is 23.8 Å². The van der Waals surface area contributed by atoms with Crippen molar-refractivity contribution in [2.24, 2.45) is 4.99 Å². The van der Waals surface area contributed by atoms with Crippen molar-refractivity contribution < 1.29 is 23.4 Å². The van der Waals surface area contributed by atoms with Gasteiger partial charge in [0.05, 0.1) is 35.1 Å². The molecular formula is C37H30ClFN2O5S. The molecule has 1 aliphatic heterocycles. The van der Waals surface area contributed by atoms with Gasteiger partial charge in [0.1, 0.15) is 12.4 Å². The second-order valence-electron chi connectivity index (χ2n) is 10.5. The third-order valence-electron chi connectivity index (χ3n) is 7.43. The zero-order valence-corrected chi connectivity index (χ0v) is 27.2. The van der Waals surface area contributed by atoms with Crippen LogP contribution in [0, 0.1) is 5.82 Å². The maximum atomic E-state index is 14.2. The topological polar surface area (TPSA) is 79.1 Å². The van der Waals surface area contributed by atoms with Crippen molar-refractivity contribution in [3.63, 3.8) is 0 Å². The number of hydrogen-bond acceptors (Lipinski definition) is 7. The summed E-state index contributed by atoms with van der Waals surface area (Å²) in [7, 11) is 0. The van der Waals surface area contributed by atoms with Gasteiger partial charge in [-0.3, -0.25) is 9.36 Å². The second-order valence-corrected chi connectivity index (χ2v) is 12.0. The summed E-state index contributed by atoms with van der Waals surface area (Å²) in [4.78, 5) is 33.1. The molecule has 0 saturated heterocycles. The van der Waals surface area contributed by atoms with Gasteiger partial charge >= 0.3 is 5.97 Å². The van der Waals surface area contributed by atoms with Gasteiger partial charge in [-0.2, -0.15) is 0 Å². The molecule has 10 heteroatoms. The number of halogens is 2. The normalized spacial score (nSPS) is 14.4. The van der Waals surface area contributed by atoms with Crippen LogP contribution in [0.2, 0.25) is 5.02 Å². The van der Waals surface area contributed by atoms with E-state index < -0.39 is 12.0 Å². The van der Waals surface area contributed by atoms with E-state index in [4.69, 9.17) is 30.8 Å². The Balaban J connectivity index is 1.47. The average Bonchev–Trinajstić information content (AvgIpc) is 3.39. The second kappa shape index (κ2) is 14.2. The molecule has 238 valence electrons. The molecule has 0 saturated carbocycles. The number of carbonyl (C=O) groups is 1. The molecule has 4 aromatic carbocycles. The van der Waals surface area contributed by atoms with E-state index in [-0.39, 0.29) is 30.2 Å². The van der Waals surface area contributed by atoms with Crippen LogP contribution in [0.25, 0.3) is 11.8 Å². The van der Waals surface area contributed by atoms with Crippen molar-refractivity contribution in [3.8, 4) is 11.5 Å². The van der Waals surface area contributed by atoms with E-state index in [0.29, 0.717) is 49.3 Å². The first kappa shape index (κ1) is 32.0. The smallest absolute Gasteiger partial charge is 0.338 e. The Kier molecular flexibility index (Phi) is 9.65. The van der Waals surface area contributed by atoms with Crippen molar-refractivity contribution >= 4 is 40.7 Å². The van der Waals surface area contributed by atoms with E-state index in [1.54, 1.807) is 66.1 Å². The van der Waals surface area contributed by atoms with Crippen LogP contribution in [-0.2, 0) is 16.1 Å². The Hall–Kier alpha value is -4.99. The number of esters is 1. The fourth-order valence-corrected chi connectivity index (χ4v) is 6.42. The summed E-state index contributed by atoms with van der Waals surface area (Å²) in [6.45, 7) is 4.40. The van der Waals surface area contributed by atoms with Gasteiger partial charge in [-0.15, -0.1) is 0 Å². The molecule has 1 aliphatic rings. The molecule has 0 amide bonds. The van der Waals surface area contributed by atoms with Gasteiger partial charge in [-0.25, -0.2) is 14.2 Å². The van der Waals surface area contributed by atoms with Gasteiger partial charge in [-0.1, -0.05) is 83.6 Å². The highest BCUT2D eigenvalue weighted by Crippen LogP contribution is 2.36. The molecule has 1 atom stereocenters. The summed E-state index contributed by atoms with van der Waals surface area (Å²) in [6, 6.07) is 27.1. The highest BCUT2D eigenvalue weighted by atomic mass is 35.5. The van der Waals surface area contributed by atoms with Crippen LogP contribution in [0.3, 0.4) is 0 Å². The lowest BCUT2D eigenvalue weighted by atomic mass is 9.93. The number of ether oxygens (including phenoxy) is 3. The predicted octanol–water partition coefficient (Wildman–Crippen LogP) is 6.71. The first-order valence-corrected chi connectivity index (χ1v) is 16.2. The molecular weight excluding hydrogens is 639 g/mol. The fourth-order valence-electron chi connectivity index (χ4n) is 5.30. The Morgan fingerprint density at radius 3 is 2.38 bits per heavy atom. The standard InChI is InChI=1S/C37H30ClFN2O5S/c1-3-44-30-20-24(12-19-29(30)46-22-23-10-17-28(39)18-11-23)21-31-35(42)41-34(26-13-15-27(38)16-14-26)32(36(43)45-4-2)33(40-37(41)47-31)25-8-6-5-7-9-25/h5-21,34H,3-4,22H2,1-2H3/b31-21-/t34-/m1/s1.